The van der Waals surface area contributed by atoms with Gasteiger partial charge in [-0.05, 0) is 32.1 Å². The molecule has 0 aromatic rings. The van der Waals surface area contributed by atoms with E-state index in [4.69, 9.17) is 5.11 Å². The normalized spacial score (nSPS) is 10.6. The third-order valence-corrected chi connectivity index (χ3v) is 6.28. The van der Waals surface area contributed by atoms with Crippen molar-refractivity contribution < 1.29 is 44.3 Å². The predicted molar refractivity (Wildman–Crippen MR) is 149 cm³/mol. The second-order valence-electron chi connectivity index (χ2n) is 9.80. The molecule has 0 atom stereocenters. The van der Waals surface area contributed by atoms with E-state index in [-0.39, 0.29) is 29.6 Å². The molecule has 0 heterocycles. The summed E-state index contributed by atoms with van der Waals surface area (Å²) in [4.78, 5) is 20.2. The molecule has 3 nitrogen and oxygen atoms in total. The summed E-state index contributed by atoms with van der Waals surface area (Å²) in [5.41, 5.74) is 0. The Morgan fingerprint density at radius 1 is 0.571 bits per heavy atom. The van der Waals surface area contributed by atoms with Gasteiger partial charge in [-0.25, -0.2) is 0 Å². The predicted octanol–water partition coefficient (Wildman–Crippen LogP) is 7.52. The van der Waals surface area contributed by atoms with Crippen molar-refractivity contribution in [3.05, 3.63) is 12.2 Å². The van der Waals surface area contributed by atoms with Gasteiger partial charge >= 0.3 is 35.5 Å². The molecule has 0 amide bonds. The molecule has 0 saturated carbocycles. The molecule has 0 unspecified atom stereocenters. The van der Waals surface area contributed by atoms with E-state index in [0.717, 1.165) is 19.3 Å². The molecule has 0 radical (unpaired) electrons. The van der Waals surface area contributed by atoms with Gasteiger partial charge in [0.15, 0.2) is 0 Å². The minimum atomic E-state index is -0.659. The number of carbonyl (C=O) groups is 1. The number of hydrogen-bond donors (Lipinski definition) is 1. The molecule has 0 aliphatic heterocycles. The maximum Gasteiger partial charge on any atom is 1.00 e. The van der Waals surface area contributed by atoms with Crippen LogP contribution in [0.25, 0.3) is 0 Å². The smallest absolute Gasteiger partial charge is 0.542 e. The number of carbonyl (C=O) groups excluding carboxylic acids is 1. The Morgan fingerprint density at radius 3 is 1.29 bits per heavy atom. The van der Waals surface area contributed by atoms with E-state index >= 15 is 0 Å². The third-order valence-electron chi connectivity index (χ3n) is 6.28. The fraction of sp³-hybridized carbons (Fsp3) is 0.871. The summed E-state index contributed by atoms with van der Waals surface area (Å²) in [6.45, 7) is 4.50. The van der Waals surface area contributed by atoms with Crippen molar-refractivity contribution in [1.29, 1.82) is 0 Å². The molecule has 0 aliphatic carbocycles. The van der Waals surface area contributed by atoms with Crippen LogP contribution in [0.4, 0.5) is 0 Å². The van der Waals surface area contributed by atoms with Crippen molar-refractivity contribution in [2.45, 2.75) is 174 Å². The van der Waals surface area contributed by atoms with Gasteiger partial charge < -0.3 is 9.90 Å². The van der Waals surface area contributed by atoms with Gasteiger partial charge in [0.25, 0.3) is 0 Å². The molecule has 1 N–H and O–H groups in total. The molecule has 4 heteroatoms. The maximum atomic E-state index is 10.2. The van der Waals surface area contributed by atoms with Crippen molar-refractivity contribution in [2.24, 2.45) is 0 Å². The van der Waals surface area contributed by atoms with E-state index in [1.165, 1.54) is 128 Å². The average molecular weight is 503 g/mol. The van der Waals surface area contributed by atoms with Crippen LogP contribution in [-0.4, -0.2) is 17.4 Å². The van der Waals surface area contributed by atoms with E-state index in [1.54, 1.807) is 0 Å². The first-order valence-corrected chi connectivity index (χ1v) is 14.9. The number of aliphatic carboxylic acids is 1. The molecular weight excluding hydrogens is 443 g/mol. The van der Waals surface area contributed by atoms with Gasteiger partial charge in [0, 0.05) is 6.42 Å². The Hall–Kier alpha value is -0.120. The summed E-state index contributed by atoms with van der Waals surface area (Å²) in [7, 11) is 0. The van der Waals surface area contributed by atoms with E-state index in [2.05, 4.69) is 26.0 Å². The first-order chi connectivity index (χ1) is 16.7. The van der Waals surface area contributed by atoms with Crippen LogP contribution in [-0.2, 0) is 9.59 Å². The van der Waals surface area contributed by atoms with Crippen molar-refractivity contribution in [3.8, 4) is 0 Å². The molecular formula is C31H59NaO3. The van der Waals surface area contributed by atoms with E-state index in [9.17, 15) is 9.59 Å². The number of allylic oxidation sites excluding steroid dienone is 2. The maximum absolute atomic E-state index is 10.2. The topological polar surface area (TPSA) is 54.4 Å². The Kier molecular flexibility index (Phi) is 43.2. The van der Waals surface area contributed by atoms with Crippen molar-refractivity contribution in [2.75, 3.05) is 0 Å². The monoisotopic (exact) mass is 502 g/mol. The summed E-state index contributed by atoms with van der Waals surface area (Å²) in [5, 5.41) is 8.41. The quantitative estimate of drug-likeness (QED) is 0.0576. The van der Waals surface area contributed by atoms with Crippen molar-refractivity contribution >= 4 is 12.3 Å². The zero-order valence-corrected chi connectivity index (χ0v) is 26.1. The molecule has 0 rings (SSSR count). The fourth-order valence-corrected chi connectivity index (χ4v) is 4.03. The zero-order valence-electron chi connectivity index (χ0n) is 24.1. The molecule has 202 valence electrons. The number of carboxylic acids is 1. The molecule has 0 aliphatic rings. The van der Waals surface area contributed by atoms with Gasteiger partial charge in [-0.15, -0.1) is 0 Å². The molecule has 0 spiro atoms. The molecule has 0 aromatic heterocycles. The fourth-order valence-electron chi connectivity index (χ4n) is 4.03. The third kappa shape index (κ3) is 44.3. The van der Waals surface area contributed by atoms with Crippen LogP contribution in [0, 0.1) is 0 Å². The van der Waals surface area contributed by atoms with Crippen LogP contribution >= 0.6 is 0 Å². The number of carboxylic acid groups (broad SMARTS) is 1. The first kappa shape index (κ1) is 39.4. The number of hydrogen-bond acceptors (Lipinski definition) is 2. The van der Waals surface area contributed by atoms with Crippen LogP contribution in [0.3, 0.4) is 0 Å². The van der Waals surface area contributed by atoms with E-state index in [0.29, 0.717) is 12.8 Å². The average Bonchev–Trinajstić information content (AvgIpc) is 2.83. The van der Waals surface area contributed by atoms with Crippen LogP contribution < -0.4 is 29.6 Å². The summed E-state index contributed by atoms with van der Waals surface area (Å²) in [6, 6.07) is 0. The van der Waals surface area contributed by atoms with Gasteiger partial charge in [-0.2, -0.15) is 6.42 Å². The summed E-state index contributed by atoms with van der Waals surface area (Å²) >= 11 is 0. The Morgan fingerprint density at radius 2 is 0.914 bits per heavy atom. The van der Waals surface area contributed by atoms with Crippen molar-refractivity contribution in [3.63, 3.8) is 0 Å². The van der Waals surface area contributed by atoms with E-state index in [1.807, 2.05) is 6.29 Å². The van der Waals surface area contributed by atoms with Crippen LogP contribution in [0.15, 0.2) is 12.2 Å². The van der Waals surface area contributed by atoms with Crippen LogP contribution in [0.2, 0.25) is 0 Å². The van der Waals surface area contributed by atoms with Crippen molar-refractivity contribution in [1.82, 2.24) is 0 Å². The van der Waals surface area contributed by atoms with Gasteiger partial charge in [-0.1, -0.05) is 142 Å². The van der Waals surface area contributed by atoms with Gasteiger partial charge in [0.05, 0.1) is 0 Å². The Labute approximate surface area is 242 Å². The summed E-state index contributed by atoms with van der Waals surface area (Å²) in [5.74, 6) is -0.659. The van der Waals surface area contributed by atoms with E-state index < -0.39 is 5.97 Å². The largest absolute Gasteiger partial charge is 1.00 e. The number of rotatable bonds is 26. The minimum absolute atomic E-state index is 0. The zero-order chi connectivity index (χ0) is 25.4. The minimum Gasteiger partial charge on any atom is -0.542 e. The Bertz CT molecular complexity index is 423. The number of unbranched alkanes of at least 4 members (excludes halogenated alkanes) is 21. The van der Waals surface area contributed by atoms with Crippen LogP contribution in [0.5, 0.6) is 0 Å². The standard InChI is InChI=1S/C19H35O.C12H24O2.Na/c1-2-3-4-5-6-7-8-9-10-11-12-13-14-15-16-17-18-19-20;1-2-3-4-5-6-7-8-9-10-11-12(13)14;/h10-11H,2-9,12-18H2,1H3;2-11H2,1H3,(H,13,14);/q-1;;+1/b11-10-;;. The molecule has 0 saturated heterocycles. The second-order valence-corrected chi connectivity index (χ2v) is 9.80. The summed E-state index contributed by atoms with van der Waals surface area (Å²) < 4.78 is 0. The molecule has 0 aromatic carbocycles. The Balaban J connectivity index is -0.000000603. The SMILES string of the molecule is CCCCCCCCC/C=C\CCCCCCC[C-]=O.CCCCCCCCCCCC(=O)O.[Na+]. The van der Waals surface area contributed by atoms with Crippen LogP contribution in [0.1, 0.15) is 174 Å². The molecule has 0 fully saturated rings. The van der Waals surface area contributed by atoms with Gasteiger partial charge in [-0.3, -0.25) is 11.1 Å². The first-order valence-electron chi connectivity index (χ1n) is 14.9. The second kappa shape index (κ2) is 38.4. The molecule has 35 heavy (non-hydrogen) atoms. The van der Waals surface area contributed by atoms with Gasteiger partial charge in [0.1, 0.15) is 0 Å². The summed E-state index contributed by atoms with van der Waals surface area (Å²) in [6.07, 6.45) is 37.2. The van der Waals surface area contributed by atoms with Gasteiger partial charge in [0.2, 0.25) is 0 Å². The molecule has 0 bridgehead atoms.